The summed E-state index contributed by atoms with van der Waals surface area (Å²) < 4.78 is 33.5. The van der Waals surface area contributed by atoms with Crippen LogP contribution in [0.5, 0.6) is 5.75 Å². The normalized spacial score (nSPS) is 11.3. The molecule has 1 N–H and O–H groups in total. The van der Waals surface area contributed by atoms with Crippen LogP contribution in [0.15, 0.2) is 42.8 Å². The molecule has 19 heavy (non-hydrogen) atoms. The molecule has 0 unspecified atom stereocenters. The SMILES string of the molecule is COc1ccc(Br)c(NS(=O)(=O)c2sccc2Br)c1. The summed E-state index contributed by atoms with van der Waals surface area (Å²) in [5.74, 6) is 0.575. The number of hydrogen-bond donors (Lipinski definition) is 1. The first-order valence-electron chi connectivity index (χ1n) is 5.03. The molecule has 0 aliphatic heterocycles. The summed E-state index contributed by atoms with van der Waals surface area (Å²) in [6.45, 7) is 0. The molecule has 1 aromatic heterocycles. The molecule has 0 atom stereocenters. The number of benzene rings is 1. The highest BCUT2D eigenvalue weighted by Gasteiger charge is 2.20. The Morgan fingerprint density at radius 2 is 1.95 bits per heavy atom. The molecule has 2 aromatic rings. The van der Waals surface area contributed by atoms with Gasteiger partial charge in [0.2, 0.25) is 0 Å². The van der Waals surface area contributed by atoms with Gasteiger partial charge in [0.25, 0.3) is 10.0 Å². The Kier molecular flexibility index (Phi) is 4.54. The summed E-state index contributed by atoms with van der Waals surface area (Å²) in [5, 5.41) is 1.71. The fourth-order valence-corrected chi connectivity index (χ4v) is 5.26. The minimum Gasteiger partial charge on any atom is -0.497 e. The van der Waals surface area contributed by atoms with Crippen LogP contribution in [-0.2, 0) is 10.0 Å². The quantitative estimate of drug-likeness (QED) is 0.801. The first-order valence-corrected chi connectivity index (χ1v) is 8.98. The van der Waals surface area contributed by atoms with Crippen LogP contribution in [0.1, 0.15) is 0 Å². The number of thiophene rings is 1. The average Bonchev–Trinajstić information content (AvgIpc) is 2.79. The van der Waals surface area contributed by atoms with Crippen LogP contribution in [0.25, 0.3) is 0 Å². The van der Waals surface area contributed by atoms with Gasteiger partial charge in [0.05, 0.1) is 12.8 Å². The van der Waals surface area contributed by atoms with E-state index in [-0.39, 0.29) is 4.21 Å². The number of hydrogen-bond acceptors (Lipinski definition) is 4. The number of ether oxygens (including phenoxy) is 1. The van der Waals surface area contributed by atoms with E-state index in [1.807, 2.05) is 0 Å². The van der Waals surface area contributed by atoms with E-state index in [1.165, 1.54) is 7.11 Å². The Morgan fingerprint density at radius 3 is 2.53 bits per heavy atom. The summed E-state index contributed by atoms with van der Waals surface area (Å²) >= 11 is 7.67. The highest BCUT2D eigenvalue weighted by Crippen LogP contribution is 2.33. The topological polar surface area (TPSA) is 55.4 Å². The van der Waals surface area contributed by atoms with E-state index in [4.69, 9.17) is 4.74 Å². The molecule has 4 nitrogen and oxygen atoms in total. The largest absolute Gasteiger partial charge is 0.497 e. The molecule has 0 radical (unpaired) electrons. The zero-order valence-corrected chi connectivity index (χ0v) is 14.5. The third kappa shape index (κ3) is 3.31. The summed E-state index contributed by atoms with van der Waals surface area (Å²) in [4.78, 5) is 0. The lowest BCUT2D eigenvalue weighted by Crippen LogP contribution is -2.12. The maximum Gasteiger partial charge on any atom is 0.272 e. The van der Waals surface area contributed by atoms with Gasteiger partial charge in [-0.15, -0.1) is 11.3 Å². The standard InChI is InChI=1S/C11H9Br2NO3S2/c1-17-7-2-3-8(12)10(6-7)14-19(15,16)11-9(13)4-5-18-11/h2-6,14H,1H3. The van der Waals surface area contributed by atoms with Gasteiger partial charge < -0.3 is 4.74 Å². The van der Waals surface area contributed by atoms with Gasteiger partial charge in [0.15, 0.2) is 4.21 Å². The van der Waals surface area contributed by atoms with Gasteiger partial charge in [-0.3, -0.25) is 4.72 Å². The van der Waals surface area contributed by atoms with Crippen molar-refractivity contribution in [1.29, 1.82) is 0 Å². The summed E-state index contributed by atoms with van der Waals surface area (Å²) in [5.41, 5.74) is 0.430. The lowest BCUT2D eigenvalue weighted by atomic mass is 10.3. The lowest BCUT2D eigenvalue weighted by Gasteiger charge is -2.10. The van der Waals surface area contributed by atoms with Crippen LogP contribution in [0.3, 0.4) is 0 Å². The van der Waals surface area contributed by atoms with Gasteiger partial charge >= 0.3 is 0 Å². The van der Waals surface area contributed by atoms with Gasteiger partial charge in [0, 0.05) is 15.0 Å². The van der Waals surface area contributed by atoms with Gasteiger partial charge in [-0.2, -0.15) is 0 Å². The Labute approximate surface area is 132 Å². The number of methoxy groups -OCH3 is 1. The Balaban J connectivity index is 2.38. The molecule has 0 spiro atoms. The second-order valence-corrected chi connectivity index (χ2v) is 8.01. The Bertz CT molecular complexity index is 698. The van der Waals surface area contributed by atoms with Crippen LogP contribution in [0, 0.1) is 0 Å². The molecule has 8 heteroatoms. The molecule has 102 valence electrons. The van der Waals surface area contributed by atoms with Crippen molar-refractivity contribution < 1.29 is 13.2 Å². The number of sulfonamides is 1. The zero-order chi connectivity index (χ0) is 14.0. The van der Waals surface area contributed by atoms with Crippen molar-refractivity contribution in [3.8, 4) is 5.75 Å². The summed E-state index contributed by atoms with van der Waals surface area (Å²) in [6, 6.07) is 6.77. The summed E-state index contributed by atoms with van der Waals surface area (Å²) in [7, 11) is -2.09. The van der Waals surface area contributed by atoms with E-state index in [1.54, 1.807) is 29.6 Å². The van der Waals surface area contributed by atoms with Crippen LogP contribution in [-0.4, -0.2) is 15.5 Å². The fraction of sp³-hybridized carbons (Fsp3) is 0.0909. The van der Waals surface area contributed by atoms with Gasteiger partial charge in [-0.25, -0.2) is 8.42 Å². The maximum atomic E-state index is 12.2. The molecule has 0 aliphatic rings. The molecular formula is C11H9Br2NO3S2. The molecule has 0 saturated carbocycles. The van der Waals surface area contributed by atoms with Gasteiger partial charge in [-0.1, -0.05) is 0 Å². The van der Waals surface area contributed by atoms with Crippen molar-refractivity contribution in [2.45, 2.75) is 4.21 Å². The molecular weight excluding hydrogens is 418 g/mol. The van der Waals surface area contributed by atoms with E-state index in [0.29, 0.717) is 20.4 Å². The van der Waals surface area contributed by atoms with Crippen LogP contribution in [0.2, 0.25) is 0 Å². The second-order valence-electron chi connectivity index (χ2n) is 3.51. The van der Waals surface area contributed by atoms with Crippen molar-refractivity contribution in [2.24, 2.45) is 0 Å². The molecule has 0 aliphatic carbocycles. The van der Waals surface area contributed by atoms with Crippen molar-refractivity contribution >= 4 is 58.9 Å². The van der Waals surface area contributed by atoms with E-state index >= 15 is 0 Å². The van der Waals surface area contributed by atoms with E-state index in [2.05, 4.69) is 36.6 Å². The van der Waals surface area contributed by atoms with E-state index in [9.17, 15) is 8.42 Å². The maximum absolute atomic E-state index is 12.2. The molecule has 0 fully saturated rings. The number of rotatable bonds is 4. The third-order valence-electron chi connectivity index (χ3n) is 2.25. The highest BCUT2D eigenvalue weighted by atomic mass is 79.9. The second kappa shape index (κ2) is 5.82. The zero-order valence-electron chi connectivity index (χ0n) is 9.68. The lowest BCUT2D eigenvalue weighted by molar-refractivity contribution is 0.415. The van der Waals surface area contributed by atoms with Crippen LogP contribution >= 0.6 is 43.2 Å². The smallest absolute Gasteiger partial charge is 0.272 e. The van der Waals surface area contributed by atoms with Crippen molar-refractivity contribution in [1.82, 2.24) is 0 Å². The minimum absolute atomic E-state index is 0.238. The monoisotopic (exact) mass is 425 g/mol. The summed E-state index contributed by atoms with van der Waals surface area (Å²) in [6.07, 6.45) is 0. The number of halogens is 2. The minimum atomic E-state index is -3.61. The first kappa shape index (κ1) is 14.8. The number of nitrogens with one attached hydrogen (secondary N) is 1. The molecule has 0 amide bonds. The van der Waals surface area contributed by atoms with E-state index < -0.39 is 10.0 Å². The van der Waals surface area contributed by atoms with Crippen LogP contribution < -0.4 is 9.46 Å². The fourth-order valence-electron chi connectivity index (χ4n) is 1.37. The van der Waals surface area contributed by atoms with E-state index in [0.717, 1.165) is 11.3 Å². The molecule has 1 aromatic carbocycles. The van der Waals surface area contributed by atoms with Crippen molar-refractivity contribution in [3.05, 3.63) is 38.6 Å². The molecule has 1 heterocycles. The molecule has 0 saturated heterocycles. The average molecular weight is 427 g/mol. The Hall–Kier alpha value is -0.570. The predicted molar refractivity (Wildman–Crippen MR) is 83.5 cm³/mol. The number of anilines is 1. The van der Waals surface area contributed by atoms with Gasteiger partial charge in [-0.05, 0) is 55.4 Å². The molecule has 2 rings (SSSR count). The third-order valence-corrected chi connectivity index (χ3v) is 6.97. The highest BCUT2D eigenvalue weighted by molar-refractivity contribution is 9.11. The van der Waals surface area contributed by atoms with Gasteiger partial charge in [0.1, 0.15) is 5.75 Å². The first-order chi connectivity index (χ1) is 8.94. The van der Waals surface area contributed by atoms with Crippen molar-refractivity contribution in [3.63, 3.8) is 0 Å². The van der Waals surface area contributed by atoms with Crippen LogP contribution in [0.4, 0.5) is 5.69 Å². The Morgan fingerprint density at radius 1 is 1.21 bits per heavy atom. The molecule has 0 bridgehead atoms. The van der Waals surface area contributed by atoms with Crippen molar-refractivity contribution in [2.75, 3.05) is 11.8 Å². The predicted octanol–water partition coefficient (Wildman–Crippen LogP) is 4.08.